The minimum absolute atomic E-state index is 0.0317. The van der Waals surface area contributed by atoms with Crippen LogP contribution in [0.1, 0.15) is 11.1 Å². The van der Waals surface area contributed by atoms with E-state index in [4.69, 9.17) is 27.0 Å². The fourth-order valence-electron chi connectivity index (χ4n) is 2.86. The second kappa shape index (κ2) is 8.54. The average Bonchev–Trinajstić information content (AvgIpc) is 2.71. The highest BCUT2D eigenvalue weighted by molar-refractivity contribution is 7.80. The van der Waals surface area contributed by atoms with Crippen LogP contribution in [0.15, 0.2) is 48.0 Å². The van der Waals surface area contributed by atoms with E-state index in [1.54, 1.807) is 30.3 Å². The van der Waals surface area contributed by atoms with Crippen molar-refractivity contribution in [1.82, 2.24) is 5.32 Å². The summed E-state index contributed by atoms with van der Waals surface area (Å²) in [7, 11) is 1.46. The molecule has 8 heteroatoms. The van der Waals surface area contributed by atoms with E-state index in [9.17, 15) is 9.59 Å². The van der Waals surface area contributed by atoms with Gasteiger partial charge >= 0.3 is 0 Å². The van der Waals surface area contributed by atoms with Gasteiger partial charge in [0.2, 0.25) is 0 Å². The maximum absolute atomic E-state index is 13.1. The van der Waals surface area contributed by atoms with Crippen LogP contribution in [0.25, 0.3) is 6.08 Å². The Labute approximate surface area is 173 Å². The van der Waals surface area contributed by atoms with Gasteiger partial charge in [-0.05, 0) is 54.5 Å². The molecule has 1 aliphatic heterocycles. The van der Waals surface area contributed by atoms with Crippen LogP contribution in [-0.4, -0.2) is 30.6 Å². The monoisotopic (exact) mass is 407 g/mol. The van der Waals surface area contributed by atoms with E-state index in [1.165, 1.54) is 18.1 Å². The quantitative estimate of drug-likeness (QED) is 0.466. The lowest BCUT2D eigenvalue weighted by Gasteiger charge is -2.30. The number of methoxy groups -OCH3 is 1. The molecule has 2 aromatic carbocycles. The van der Waals surface area contributed by atoms with Crippen LogP contribution in [0.3, 0.4) is 0 Å². The summed E-state index contributed by atoms with van der Waals surface area (Å²) in [6, 6.07) is 14.0. The third kappa shape index (κ3) is 4.10. The maximum Gasteiger partial charge on any atom is 0.270 e. The lowest BCUT2D eigenvalue weighted by Crippen LogP contribution is -2.54. The zero-order valence-corrected chi connectivity index (χ0v) is 16.6. The van der Waals surface area contributed by atoms with Gasteiger partial charge in [0.05, 0.1) is 12.8 Å². The van der Waals surface area contributed by atoms with Gasteiger partial charge in [-0.15, -0.1) is 0 Å². The molecule has 29 heavy (non-hydrogen) atoms. The Morgan fingerprint density at radius 2 is 1.97 bits per heavy atom. The number of ether oxygens (including phenoxy) is 2. The molecule has 1 N–H and O–H groups in total. The van der Waals surface area contributed by atoms with E-state index in [0.717, 1.165) is 5.56 Å². The first-order chi connectivity index (χ1) is 14.0. The number of nitrogens with zero attached hydrogens (tertiary/aromatic N) is 2. The van der Waals surface area contributed by atoms with Gasteiger partial charge < -0.3 is 9.47 Å². The molecule has 2 amide bonds. The molecule has 0 radical (unpaired) electrons. The van der Waals surface area contributed by atoms with Gasteiger partial charge in [-0.2, -0.15) is 5.26 Å². The third-order valence-corrected chi connectivity index (χ3v) is 4.53. The van der Waals surface area contributed by atoms with Crippen LogP contribution < -0.4 is 19.7 Å². The number of nitriles is 1. The maximum atomic E-state index is 13.1. The van der Waals surface area contributed by atoms with Gasteiger partial charge in [0.1, 0.15) is 11.6 Å². The Morgan fingerprint density at radius 3 is 2.66 bits per heavy atom. The van der Waals surface area contributed by atoms with Crippen molar-refractivity contribution in [2.75, 3.05) is 18.6 Å². The normalized spacial score (nSPS) is 15.1. The Hall–Kier alpha value is -3.70. The van der Waals surface area contributed by atoms with Crippen molar-refractivity contribution >= 4 is 40.9 Å². The summed E-state index contributed by atoms with van der Waals surface area (Å²) in [4.78, 5) is 26.8. The molecule has 7 nitrogen and oxygen atoms in total. The Bertz CT molecular complexity index is 1070. The van der Waals surface area contributed by atoms with Crippen LogP contribution in [-0.2, 0) is 9.59 Å². The molecule has 0 aliphatic carbocycles. The van der Waals surface area contributed by atoms with Crippen molar-refractivity contribution in [3.05, 3.63) is 59.2 Å². The topological polar surface area (TPSA) is 91.7 Å². The van der Waals surface area contributed by atoms with Crippen LogP contribution in [0, 0.1) is 18.3 Å². The number of benzene rings is 2. The molecule has 0 aromatic heterocycles. The van der Waals surface area contributed by atoms with Gasteiger partial charge in [0, 0.05) is 0 Å². The predicted octanol–water partition coefficient (Wildman–Crippen LogP) is 2.74. The summed E-state index contributed by atoms with van der Waals surface area (Å²) in [5.41, 5.74) is 1.95. The number of rotatable bonds is 5. The highest BCUT2D eigenvalue weighted by atomic mass is 32.1. The Kier molecular flexibility index (Phi) is 5.90. The highest BCUT2D eigenvalue weighted by Gasteiger charge is 2.35. The van der Waals surface area contributed by atoms with Gasteiger partial charge in [0.15, 0.2) is 23.2 Å². The minimum Gasteiger partial charge on any atom is -0.493 e. The number of carbonyl (C=O) groups excluding carboxylic acids is 2. The summed E-state index contributed by atoms with van der Waals surface area (Å²) in [6.07, 6.45) is 1.46. The third-order valence-electron chi connectivity index (χ3n) is 4.25. The number of hydrogen-bond donors (Lipinski definition) is 1. The van der Waals surface area contributed by atoms with Gasteiger partial charge in [0.25, 0.3) is 11.8 Å². The molecule has 2 aromatic rings. The van der Waals surface area contributed by atoms with Crippen molar-refractivity contribution in [2.24, 2.45) is 0 Å². The molecule has 0 atom stereocenters. The number of nitrogens with one attached hydrogen (secondary N) is 1. The largest absolute Gasteiger partial charge is 0.493 e. The number of amides is 2. The molecule has 0 saturated carbocycles. The molecule has 1 fully saturated rings. The Balaban J connectivity index is 1.99. The van der Waals surface area contributed by atoms with Gasteiger partial charge in [-0.25, -0.2) is 0 Å². The molecule has 1 aliphatic rings. The summed E-state index contributed by atoms with van der Waals surface area (Å²) in [6.45, 7) is 1.73. The zero-order chi connectivity index (χ0) is 21.0. The second-order valence-corrected chi connectivity index (χ2v) is 6.49. The van der Waals surface area contributed by atoms with E-state index in [-0.39, 0.29) is 17.3 Å². The SMILES string of the molecule is COc1cc(C=C2C(=O)NC(=S)N(c3ccccc3C)C2=O)ccc1OCC#N. The van der Waals surface area contributed by atoms with E-state index in [0.29, 0.717) is 22.7 Å². The molecule has 1 saturated heterocycles. The van der Waals surface area contributed by atoms with Crippen molar-refractivity contribution in [1.29, 1.82) is 5.26 Å². The fraction of sp³-hybridized carbons (Fsp3) is 0.143. The molecule has 1 heterocycles. The van der Waals surface area contributed by atoms with Gasteiger partial charge in [-0.3, -0.25) is 19.8 Å². The van der Waals surface area contributed by atoms with E-state index < -0.39 is 11.8 Å². The van der Waals surface area contributed by atoms with E-state index in [1.807, 2.05) is 25.1 Å². The summed E-state index contributed by atoms with van der Waals surface area (Å²) >= 11 is 5.22. The number of anilines is 1. The smallest absolute Gasteiger partial charge is 0.270 e. The molecule has 0 bridgehead atoms. The lowest BCUT2D eigenvalue weighted by molar-refractivity contribution is -0.122. The van der Waals surface area contributed by atoms with E-state index >= 15 is 0 Å². The van der Waals surface area contributed by atoms with Crippen LogP contribution in [0.5, 0.6) is 11.5 Å². The number of hydrogen-bond acceptors (Lipinski definition) is 6. The summed E-state index contributed by atoms with van der Waals surface area (Å²) < 4.78 is 10.6. The molecular formula is C21H17N3O4S. The number of carbonyl (C=O) groups is 2. The lowest BCUT2D eigenvalue weighted by atomic mass is 10.1. The Morgan fingerprint density at radius 1 is 1.21 bits per heavy atom. The van der Waals surface area contributed by atoms with Gasteiger partial charge in [-0.1, -0.05) is 24.3 Å². The van der Waals surface area contributed by atoms with E-state index in [2.05, 4.69) is 5.32 Å². The predicted molar refractivity (Wildman–Crippen MR) is 111 cm³/mol. The van der Waals surface area contributed by atoms with Crippen molar-refractivity contribution in [3.63, 3.8) is 0 Å². The summed E-state index contributed by atoms with van der Waals surface area (Å²) in [5, 5.41) is 11.3. The molecular weight excluding hydrogens is 390 g/mol. The minimum atomic E-state index is -0.575. The molecule has 0 unspecified atom stereocenters. The number of para-hydroxylation sites is 1. The number of thiocarbonyl (C=S) groups is 1. The first kappa shape index (κ1) is 20.0. The fourth-order valence-corrected chi connectivity index (χ4v) is 3.13. The molecule has 3 rings (SSSR count). The summed E-state index contributed by atoms with van der Waals surface area (Å²) in [5.74, 6) is -0.326. The van der Waals surface area contributed by atoms with Crippen molar-refractivity contribution in [3.8, 4) is 17.6 Å². The highest BCUT2D eigenvalue weighted by Crippen LogP contribution is 2.30. The van der Waals surface area contributed by atoms with Crippen LogP contribution in [0.4, 0.5) is 5.69 Å². The van der Waals surface area contributed by atoms with Crippen molar-refractivity contribution < 1.29 is 19.1 Å². The first-order valence-corrected chi connectivity index (χ1v) is 9.02. The first-order valence-electron chi connectivity index (χ1n) is 8.61. The zero-order valence-electron chi connectivity index (χ0n) is 15.8. The second-order valence-electron chi connectivity index (χ2n) is 6.10. The van der Waals surface area contributed by atoms with Crippen LogP contribution >= 0.6 is 12.2 Å². The molecule has 0 spiro atoms. The number of aryl methyl sites for hydroxylation is 1. The molecule has 146 valence electrons. The standard InChI is InChI=1S/C21H17N3O4S/c1-13-5-3-4-6-16(13)24-20(26)15(19(25)23-21(24)29)11-14-7-8-17(28-10-9-22)18(12-14)27-2/h3-8,11-12H,10H2,1-2H3,(H,23,25,29). The average molecular weight is 407 g/mol. The van der Waals surface area contributed by atoms with Crippen LogP contribution in [0.2, 0.25) is 0 Å². The van der Waals surface area contributed by atoms with Crippen molar-refractivity contribution in [2.45, 2.75) is 6.92 Å².